The number of hydrogen-bond donors (Lipinski definition) is 1. The van der Waals surface area contributed by atoms with Crippen LogP contribution in [0.25, 0.3) is 0 Å². The summed E-state index contributed by atoms with van der Waals surface area (Å²) in [6, 6.07) is 10.3. The fourth-order valence-corrected chi connectivity index (χ4v) is 2.84. The molecule has 2 saturated heterocycles. The Morgan fingerprint density at radius 2 is 2.15 bits per heavy atom. The number of nitrogens with zero attached hydrogens (tertiary/aromatic N) is 2. The van der Waals surface area contributed by atoms with Crippen LogP contribution in [0.15, 0.2) is 30.3 Å². The van der Waals surface area contributed by atoms with Crippen molar-refractivity contribution < 1.29 is 9.53 Å². The van der Waals surface area contributed by atoms with E-state index in [1.165, 1.54) is 0 Å². The van der Waals surface area contributed by atoms with Gasteiger partial charge in [0.1, 0.15) is 5.75 Å². The molecule has 1 N–H and O–H groups in total. The number of nitrogens with one attached hydrogen (secondary N) is 1. The molecule has 0 bridgehead atoms. The lowest BCUT2D eigenvalue weighted by Crippen LogP contribution is -2.49. The molecular formula is C15H21N3O2. The van der Waals surface area contributed by atoms with Gasteiger partial charge in [0.15, 0.2) is 0 Å². The Hall–Kier alpha value is -1.75. The van der Waals surface area contributed by atoms with Gasteiger partial charge in [-0.3, -0.25) is 0 Å². The van der Waals surface area contributed by atoms with E-state index < -0.39 is 0 Å². The monoisotopic (exact) mass is 275 g/mol. The molecule has 5 heteroatoms. The zero-order valence-electron chi connectivity index (χ0n) is 11.6. The molecule has 20 heavy (non-hydrogen) atoms. The van der Waals surface area contributed by atoms with Gasteiger partial charge in [-0.05, 0) is 18.6 Å². The fourth-order valence-electron chi connectivity index (χ4n) is 2.84. The van der Waals surface area contributed by atoms with Gasteiger partial charge in [0.05, 0.1) is 12.6 Å². The zero-order chi connectivity index (χ0) is 13.8. The highest BCUT2D eigenvalue weighted by molar-refractivity contribution is 5.77. The van der Waals surface area contributed by atoms with E-state index in [2.05, 4.69) is 5.32 Å². The van der Waals surface area contributed by atoms with Crippen LogP contribution in [0.1, 0.15) is 6.42 Å². The molecule has 2 fully saturated rings. The number of fused-ring (bicyclic) bond motifs is 1. The quantitative estimate of drug-likeness (QED) is 0.820. The normalized spacial score (nSPS) is 22.0. The lowest BCUT2D eigenvalue weighted by atomic mass is 10.2. The molecule has 0 saturated carbocycles. The van der Waals surface area contributed by atoms with E-state index in [1.54, 1.807) is 0 Å². The molecule has 1 aromatic rings. The van der Waals surface area contributed by atoms with Crippen LogP contribution >= 0.6 is 0 Å². The number of rotatable bonds is 5. The predicted octanol–water partition coefficient (Wildman–Crippen LogP) is 1.16. The van der Waals surface area contributed by atoms with Crippen LogP contribution in [0.4, 0.5) is 4.79 Å². The minimum atomic E-state index is 0.191. The van der Waals surface area contributed by atoms with E-state index in [9.17, 15) is 4.79 Å². The van der Waals surface area contributed by atoms with Crippen LogP contribution in [-0.4, -0.2) is 61.2 Å². The summed E-state index contributed by atoms with van der Waals surface area (Å²) in [6.45, 7) is 4.93. The maximum Gasteiger partial charge on any atom is 0.320 e. The molecule has 5 nitrogen and oxygen atoms in total. The number of amides is 2. The van der Waals surface area contributed by atoms with Gasteiger partial charge in [0.25, 0.3) is 0 Å². The first-order valence-corrected chi connectivity index (χ1v) is 7.29. The first kappa shape index (κ1) is 13.2. The van der Waals surface area contributed by atoms with Crippen molar-refractivity contribution in [3.8, 4) is 5.75 Å². The van der Waals surface area contributed by atoms with Crippen LogP contribution in [0.5, 0.6) is 5.75 Å². The SMILES string of the molecule is O=C1N(CCCOc2ccccc2)CC2CNCCN12. The average Bonchev–Trinajstić information content (AvgIpc) is 2.82. The molecule has 1 aromatic carbocycles. The number of hydrogen-bond acceptors (Lipinski definition) is 3. The van der Waals surface area contributed by atoms with Crippen molar-refractivity contribution in [3.63, 3.8) is 0 Å². The van der Waals surface area contributed by atoms with Crippen molar-refractivity contribution in [1.82, 2.24) is 15.1 Å². The van der Waals surface area contributed by atoms with E-state index >= 15 is 0 Å². The molecule has 2 heterocycles. The summed E-state index contributed by atoms with van der Waals surface area (Å²) in [4.78, 5) is 16.1. The first-order chi connectivity index (χ1) is 9.84. The Morgan fingerprint density at radius 1 is 1.30 bits per heavy atom. The molecule has 1 unspecified atom stereocenters. The first-order valence-electron chi connectivity index (χ1n) is 7.29. The van der Waals surface area contributed by atoms with Crippen molar-refractivity contribution in [1.29, 1.82) is 0 Å². The van der Waals surface area contributed by atoms with Gasteiger partial charge in [0, 0.05) is 32.7 Å². The molecule has 1 atom stereocenters. The molecule has 2 aliphatic heterocycles. The highest BCUT2D eigenvalue weighted by atomic mass is 16.5. The smallest absolute Gasteiger partial charge is 0.320 e. The van der Waals surface area contributed by atoms with Crippen molar-refractivity contribution >= 4 is 6.03 Å². The molecule has 0 spiro atoms. The number of carbonyl (C=O) groups is 1. The van der Waals surface area contributed by atoms with Gasteiger partial charge in [-0.15, -0.1) is 0 Å². The zero-order valence-corrected chi connectivity index (χ0v) is 11.6. The summed E-state index contributed by atoms with van der Waals surface area (Å²) in [5.74, 6) is 0.891. The van der Waals surface area contributed by atoms with Crippen LogP contribution < -0.4 is 10.1 Å². The topological polar surface area (TPSA) is 44.8 Å². The number of benzene rings is 1. The molecule has 0 radical (unpaired) electrons. The summed E-state index contributed by atoms with van der Waals surface area (Å²) in [5.41, 5.74) is 0. The van der Waals surface area contributed by atoms with Gasteiger partial charge in [0.2, 0.25) is 0 Å². The second kappa shape index (κ2) is 6.13. The molecule has 108 valence electrons. The van der Waals surface area contributed by atoms with Crippen molar-refractivity contribution in [3.05, 3.63) is 30.3 Å². The van der Waals surface area contributed by atoms with E-state index in [0.717, 1.165) is 44.9 Å². The summed E-state index contributed by atoms with van der Waals surface area (Å²) < 4.78 is 5.66. The average molecular weight is 275 g/mol. The van der Waals surface area contributed by atoms with Gasteiger partial charge >= 0.3 is 6.03 Å². The minimum Gasteiger partial charge on any atom is -0.494 e. The predicted molar refractivity (Wildman–Crippen MR) is 76.9 cm³/mol. The van der Waals surface area contributed by atoms with Crippen LogP contribution in [0.2, 0.25) is 0 Å². The Bertz CT molecular complexity index is 452. The van der Waals surface area contributed by atoms with Crippen LogP contribution in [0, 0.1) is 0 Å². The van der Waals surface area contributed by atoms with Crippen molar-refractivity contribution in [2.45, 2.75) is 12.5 Å². The lowest BCUT2D eigenvalue weighted by Gasteiger charge is -2.28. The number of ether oxygens (including phenoxy) is 1. The Morgan fingerprint density at radius 3 is 2.95 bits per heavy atom. The van der Waals surface area contributed by atoms with Crippen LogP contribution in [-0.2, 0) is 0 Å². The van der Waals surface area contributed by atoms with Crippen LogP contribution in [0.3, 0.4) is 0 Å². The number of urea groups is 1. The lowest BCUT2D eigenvalue weighted by molar-refractivity contribution is 0.177. The molecular weight excluding hydrogens is 254 g/mol. The van der Waals surface area contributed by atoms with E-state index in [4.69, 9.17) is 4.74 Å². The Balaban J connectivity index is 1.42. The summed E-state index contributed by atoms with van der Waals surface area (Å²) in [6.07, 6.45) is 0.870. The number of para-hydroxylation sites is 1. The van der Waals surface area contributed by atoms with Crippen molar-refractivity contribution in [2.24, 2.45) is 0 Å². The van der Waals surface area contributed by atoms with Crippen molar-refractivity contribution in [2.75, 3.05) is 39.3 Å². The minimum absolute atomic E-state index is 0.191. The summed E-state index contributed by atoms with van der Waals surface area (Å²) in [5, 5.41) is 3.34. The maximum atomic E-state index is 12.2. The highest BCUT2D eigenvalue weighted by Gasteiger charge is 2.37. The molecule has 0 aliphatic carbocycles. The second-order valence-electron chi connectivity index (χ2n) is 5.29. The standard InChI is InChI=1S/C15H21N3O2/c19-15-17(12-13-11-16-7-9-18(13)15)8-4-10-20-14-5-2-1-3-6-14/h1-3,5-6,13,16H,4,7-12H2. The Kier molecular flexibility index (Phi) is 4.06. The second-order valence-corrected chi connectivity index (χ2v) is 5.29. The van der Waals surface area contributed by atoms with Gasteiger partial charge in [-0.1, -0.05) is 18.2 Å². The van der Waals surface area contributed by atoms with E-state index in [0.29, 0.717) is 12.6 Å². The molecule has 3 rings (SSSR count). The molecule has 2 amide bonds. The number of piperazine rings is 1. The third-order valence-corrected chi connectivity index (χ3v) is 3.88. The summed E-state index contributed by atoms with van der Waals surface area (Å²) in [7, 11) is 0. The molecule has 2 aliphatic rings. The molecule has 0 aromatic heterocycles. The fraction of sp³-hybridized carbons (Fsp3) is 0.533. The van der Waals surface area contributed by atoms with E-state index in [-0.39, 0.29) is 6.03 Å². The van der Waals surface area contributed by atoms with E-state index in [1.807, 2.05) is 40.1 Å². The maximum absolute atomic E-state index is 12.2. The van der Waals surface area contributed by atoms with Gasteiger partial charge < -0.3 is 19.9 Å². The number of carbonyl (C=O) groups excluding carboxylic acids is 1. The Labute approximate surface area is 119 Å². The third-order valence-electron chi connectivity index (χ3n) is 3.88. The van der Waals surface area contributed by atoms with Gasteiger partial charge in [-0.2, -0.15) is 0 Å². The third kappa shape index (κ3) is 2.88. The largest absolute Gasteiger partial charge is 0.494 e. The van der Waals surface area contributed by atoms with Gasteiger partial charge in [-0.25, -0.2) is 4.79 Å². The highest BCUT2D eigenvalue weighted by Crippen LogP contribution is 2.17. The summed E-state index contributed by atoms with van der Waals surface area (Å²) >= 11 is 0.